The summed E-state index contributed by atoms with van der Waals surface area (Å²) in [5.41, 5.74) is 4.31. The van der Waals surface area contributed by atoms with Gasteiger partial charge in [0.1, 0.15) is 42.8 Å². The van der Waals surface area contributed by atoms with E-state index in [0.717, 1.165) is 6.33 Å². The van der Waals surface area contributed by atoms with Crippen molar-refractivity contribution in [2.24, 2.45) is 11.7 Å². The molecule has 0 spiro atoms. The number of ether oxygens (including phenoxy) is 2. The van der Waals surface area contributed by atoms with Crippen LogP contribution in [-0.2, 0) is 24.7 Å². The molecule has 0 radical (unpaired) electrons. The maximum absolute atomic E-state index is 12.3. The van der Waals surface area contributed by atoms with E-state index in [4.69, 9.17) is 15.2 Å². The minimum Gasteiger partial charge on any atom is -0.463 e. The zero-order valence-electron chi connectivity index (χ0n) is 17.2. The Kier molecular flexibility index (Phi) is 6.23. The topological polar surface area (TPSA) is 185 Å². The summed E-state index contributed by atoms with van der Waals surface area (Å²) in [6.45, 7) is 4.46. The number of nitrogens with one attached hydrogen (secondary N) is 1. The zero-order chi connectivity index (χ0) is 22.9. The van der Waals surface area contributed by atoms with Crippen molar-refractivity contribution in [3.05, 3.63) is 24.2 Å². The number of aromatic nitrogens is 3. The van der Waals surface area contributed by atoms with Gasteiger partial charge in [0.2, 0.25) is 11.5 Å². The van der Waals surface area contributed by atoms with Crippen molar-refractivity contribution in [1.29, 1.82) is 5.26 Å². The van der Waals surface area contributed by atoms with Gasteiger partial charge in [-0.2, -0.15) is 10.4 Å². The molecule has 0 aliphatic carbocycles. The van der Waals surface area contributed by atoms with Gasteiger partial charge in [0.15, 0.2) is 5.82 Å². The molecule has 12 nitrogen and oxygen atoms in total. The molecule has 0 saturated carbocycles. The van der Waals surface area contributed by atoms with Crippen LogP contribution in [0.1, 0.15) is 26.5 Å². The third-order valence-corrected chi connectivity index (χ3v) is 5.17. The fraction of sp³-hybridized carbons (Fsp3) is 0.526. The number of aliphatic hydroxyl groups is 2. The van der Waals surface area contributed by atoms with Crippen LogP contribution in [0.4, 0.5) is 5.82 Å². The molecule has 1 amide bonds. The molecule has 0 aromatic carbocycles. The van der Waals surface area contributed by atoms with Crippen molar-refractivity contribution in [1.82, 2.24) is 14.6 Å². The van der Waals surface area contributed by atoms with Crippen LogP contribution in [0.25, 0.3) is 5.52 Å². The predicted molar refractivity (Wildman–Crippen MR) is 105 cm³/mol. The Labute approximate surface area is 177 Å². The van der Waals surface area contributed by atoms with Crippen molar-refractivity contribution in [3.63, 3.8) is 0 Å². The quantitative estimate of drug-likeness (QED) is 0.415. The number of rotatable bonds is 6. The summed E-state index contributed by atoms with van der Waals surface area (Å²) in [7, 11) is 0. The number of hydrogen-bond acceptors (Lipinski definition) is 10. The van der Waals surface area contributed by atoms with Crippen LogP contribution in [0.5, 0.6) is 0 Å². The monoisotopic (exact) mass is 432 g/mol. The first-order valence-electron chi connectivity index (χ1n) is 9.60. The van der Waals surface area contributed by atoms with Gasteiger partial charge in [-0.05, 0) is 18.1 Å². The van der Waals surface area contributed by atoms with E-state index in [9.17, 15) is 25.1 Å². The first-order valence-corrected chi connectivity index (χ1v) is 9.60. The number of nitrogens with two attached hydrogens (primary N) is 1. The maximum Gasteiger partial charge on any atom is 0.302 e. The van der Waals surface area contributed by atoms with Crippen molar-refractivity contribution in [3.8, 4) is 6.07 Å². The molecule has 1 saturated heterocycles. The fourth-order valence-electron chi connectivity index (χ4n) is 3.33. The zero-order valence-corrected chi connectivity index (χ0v) is 17.2. The molecule has 5 N–H and O–H groups in total. The molecule has 3 heterocycles. The van der Waals surface area contributed by atoms with E-state index < -0.39 is 41.8 Å². The predicted octanol–water partition coefficient (Wildman–Crippen LogP) is -0.946. The first-order chi connectivity index (χ1) is 14.6. The normalized spacial score (nSPS) is 26.6. The van der Waals surface area contributed by atoms with Gasteiger partial charge in [0.25, 0.3) is 0 Å². The van der Waals surface area contributed by atoms with E-state index in [1.807, 2.05) is 19.9 Å². The average molecular weight is 432 g/mol. The number of hydrogen-bond donors (Lipinski definition) is 4. The molecule has 2 aromatic rings. The highest BCUT2D eigenvalue weighted by Gasteiger charge is 2.57. The van der Waals surface area contributed by atoms with E-state index in [1.165, 1.54) is 23.6 Å². The summed E-state index contributed by atoms with van der Waals surface area (Å²) < 4.78 is 11.8. The second kappa shape index (κ2) is 8.56. The number of carbonyl (C=O) groups is 2. The average Bonchev–Trinajstić information content (AvgIpc) is 3.27. The number of carbonyl (C=O) groups excluding carboxylic acids is 2. The Morgan fingerprint density at radius 1 is 1.45 bits per heavy atom. The van der Waals surface area contributed by atoms with E-state index >= 15 is 0 Å². The van der Waals surface area contributed by atoms with Gasteiger partial charge in [-0.1, -0.05) is 13.8 Å². The molecule has 2 aromatic heterocycles. The summed E-state index contributed by atoms with van der Waals surface area (Å²) in [6.07, 6.45) is -3.12. The highest BCUT2D eigenvalue weighted by Crippen LogP contribution is 2.40. The largest absolute Gasteiger partial charge is 0.463 e. The number of anilines is 1. The van der Waals surface area contributed by atoms with Crippen molar-refractivity contribution in [2.75, 3.05) is 11.9 Å². The summed E-state index contributed by atoms with van der Waals surface area (Å²) in [5.74, 6) is -0.984. The summed E-state index contributed by atoms with van der Waals surface area (Å²) in [4.78, 5) is 27.5. The van der Waals surface area contributed by atoms with Crippen LogP contribution < -0.4 is 11.1 Å². The summed E-state index contributed by atoms with van der Waals surface area (Å²) >= 11 is 0. The lowest BCUT2D eigenvalue weighted by Crippen LogP contribution is -2.41. The van der Waals surface area contributed by atoms with Crippen LogP contribution in [0, 0.1) is 17.2 Å². The Hall–Kier alpha value is -3.11. The molecule has 31 heavy (non-hydrogen) atoms. The maximum atomic E-state index is 12.3. The molecule has 0 bridgehead atoms. The summed E-state index contributed by atoms with van der Waals surface area (Å²) in [6, 6.07) is 4.15. The lowest BCUT2D eigenvalue weighted by molar-refractivity contribution is -0.148. The van der Waals surface area contributed by atoms with Gasteiger partial charge in [-0.3, -0.25) is 9.59 Å². The number of esters is 1. The molecule has 166 valence electrons. The number of fused-ring (bicyclic) bond motifs is 1. The van der Waals surface area contributed by atoms with Crippen LogP contribution in [-0.4, -0.2) is 67.6 Å². The van der Waals surface area contributed by atoms with Crippen LogP contribution in [0.15, 0.2) is 18.5 Å². The number of amides is 1. The highest BCUT2D eigenvalue weighted by atomic mass is 16.6. The molecule has 0 unspecified atom stereocenters. The van der Waals surface area contributed by atoms with E-state index in [-0.39, 0.29) is 24.0 Å². The van der Waals surface area contributed by atoms with Gasteiger partial charge < -0.3 is 30.7 Å². The molecular weight excluding hydrogens is 408 g/mol. The van der Waals surface area contributed by atoms with E-state index in [2.05, 4.69) is 15.4 Å². The van der Waals surface area contributed by atoms with Gasteiger partial charge in [-0.15, -0.1) is 0 Å². The van der Waals surface area contributed by atoms with Crippen LogP contribution in [0.2, 0.25) is 0 Å². The number of nitriles is 1. The third-order valence-electron chi connectivity index (χ3n) is 5.17. The Morgan fingerprint density at radius 3 is 2.77 bits per heavy atom. The van der Waals surface area contributed by atoms with Gasteiger partial charge in [0.05, 0.1) is 11.7 Å². The van der Waals surface area contributed by atoms with Gasteiger partial charge in [0, 0.05) is 6.92 Å². The first kappa shape index (κ1) is 22.6. The van der Waals surface area contributed by atoms with Crippen LogP contribution >= 0.6 is 0 Å². The highest BCUT2D eigenvalue weighted by molar-refractivity contribution is 5.97. The molecular formula is C19H24N6O6. The lowest BCUT2D eigenvalue weighted by atomic mass is 9.92. The molecule has 1 fully saturated rings. The van der Waals surface area contributed by atoms with E-state index in [1.54, 1.807) is 0 Å². The number of nitrogens with zero attached hydrogens (tertiary/aromatic N) is 4. The standard InChI is InChI=1S/C19H24N6O6/c1-9(2)14(21)18(29)24-17-11-4-5-13(25(11)23-8-22-17)19(7-20)16(28)15(27)12(31-19)6-30-10(3)26/h4-5,8-9,12,14-16,27-28H,6,21H2,1-3H3,(H,22,23,24,29)/t12-,14+,15-,16-,19+/m1/s1. The Bertz CT molecular complexity index is 1030. The van der Waals surface area contributed by atoms with Crippen molar-refractivity contribution >= 4 is 23.2 Å². The van der Waals surface area contributed by atoms with Crippen molar-refractivity contribution < 1.29 is 29.3 Å². The number of aliphatic hydroxyl groups excluding tert-OH is 2. The smallest absolute Gasteiger partial charge is 0.302 e. The SMILES string of the molecule is CC(=O)OC[C@H]1O[C@@](C#N)(c2ccc3c(NC(=O)[C@@H](N)C(C)C)ncnn23)[C@H](O)[C@@H]1O. The lowest BCUT2D eigenvalue weighted by Gasteiger charge is -2.24. The van der Waals surface area contributed by atoms with Gasteiger partial charge >= 0.3 is 5.97 Å². The van der Waals surface area contributed by atoms with Crippen LogP contribution in [0.3, 0.4) is 0 Å². The van der Waals surface area contributed by atoms with E-state index in [0.29, 0.717) is 5.52 Å². The Balaban J connectivity index is 1.98. The molecule has 1 aliphatic heterocycles. The second-order valence-corrected chi connectivity index (χ2v) is 7.63. The Morgan fingerprint density at radius 2 is 2.16 bits per heavy atom. The minimum absolute atomic E-state index is 0.0975. The second-order valence-electron chi connectivity index (χ2n) is 7.63. The molecule has 3 rings (SSSR count). The van der Waals surface area contributed by atoms with Gasteiger partial charge in [-0.25, -0.2) is 9.50 Å². The summed E-state index contributed by atoms with van der Waals surface area (Å²) in [5, 5.41) is 37.6. The molecule has 12 heteroatoms. The fourth-order valence-corrected chi connectivity index (χ4v) is 3.33. The minimum atomic E-state index is -2.00. The third kappa shape index (κ3) is 3.96. The molecule has 5 atom stereocenters. The van der Waals surface area contributed by atoms with Crippen molar-refractivity contribution in [2.45, 2.75) is 50.7 Å². The molecule has 1 aliphatic rings.